The predicted octanol–water partition coefficient (Wildman–Crippen LogP) is 3.75. The van der Waals surface area contributed by atoms with Crippen LogP contribution in [-0.2, 0) is 11.3 Å². The van der Waals surface area contributed by atoms with Crippen LogP contribution < -0.4 is 16.2 Å². The number of aromatic nitrogens is 2. The lowest BCUT2D eigenvalue weighted by Crippen LogP contribution is -2.38. The fourth-order valence-corrected chi connectivity index (χ4v) is 3.87. The second-order valence-corrected chi connectivity index (χ2v) is 7.35. The minimum Gasteiger partial charge on any atom is -0.305 e. The van der Waals surface area contributed by atoms with Gasteiger partial charge in [-0.3, -0.25) is 19.5 Å². The summed E-state index contributed by atoms with van der Waals surface area (Å²) in [4.78, 5) is 41.8. The van der Waals surface area contributed by atoms with Crippen molar-refractivity contribution >= 4 is 39.2 Å². The van der Waals surface area contributed by atoms with Gasteiger partial charge >= 0.3 is 6.03 Å². The number of rotatable bonds is 4. The highest BCUT2D eigenvalue weighted by atomic mass is 32.1. The van der Waals surface area contributed by atoms with Crippen molar-refractivity contribution in [1.29, 1.82) is 0 Å². The zero-order chi connectivity index (χ0) is 22.0. The van der Waals surface area contributed by atoms with Crippen molar-refractivity contribution in [2.45, 2.75) is 6.54 Å². The number of hydrogen-bond acceptors (Lipinski definition) is 5. The molecule has 0 aliphatic rings. The number of imide groups is 1. The lowest BCUT2D eigenvalue weighted by atomic mass is 10.1. The number of halogens is 2. The SMILES string of the molecule is O=C(Cn1cnc2scc(-c3ccc(F)cc3)c2c1=O)NC(=O)Nc1ccccc1F. The van der Waals surface area contributed by atoms with Crippen molar-refractivity contribution in [3.05, 3.63) is 82.2 Å². The monoisotopic (exact) mass is 440 g/mol. The van der Waals surface area contributed by atoms with Gasteiger partial charge in [0.1, 0.15) is 23.0 Å². The van der Waals surface area contributed by atoms with Gasteiger partial charge in [-0.25, -0.2) is 18.6 Å². The van der Waals surface area contributed by atoms with Gasteiger partial charge in [0.2, 0.25) is 5.91 Å². The molecular weight excluding hydrogens is 426 g/mol. The van der Waals surface area contributed by atoms with Crippen LogP contribution in [0.15, 0.2) is 65.0 Å². The number of anilines is 1. The summed E-state index contributed by atoms with van der Waals surface area (Å²) in [7, 11) is 0. The van der Waals surface area contributed by atoms with Gasteiger partial charge < -0.3 is 5.32 Å². The van der Waals surface area contributed by atoms with Gasteiger partial charge in [0.25, 0.3) is 5.56 Å². The molecule has 156 valence electrons. The van der Waals surface area contributed by atoms with Crippen molar-refractivity contribution < 1.29 is 18.4 Å². The molecule has 31 heavy (non-hydrogen) atoms. The predicted molar refractivity (Wildman–Crippen MR) is 113 cm³/mol. The smallest absolute Gasteiger partial charge is 0.305 e. The molecule has 2 aromatic heterocycles. The highest BCUT2D eigenvalue weighted by molar-refractivity contribution is 7.17. The minimum absolute atomic E-state index is 0.0877. The van der Waals surface area contributed by atoms with E-state index in [9.17, 15) is 23.2 Å². The molecule has 0 atom stereocenters. The molecular formula is C21H14F2N4O3S. The third-order valence-corrected chi connectivity index (χ3v) is 5.29. The van der Waals surface area contributed by atoms with Crippen molar-refractivity contribution in [1.82, 2.24) is 14.9 Å². The highest BCUT2D eigenvalue weighted by Crippen LogP contribution is 2.30. The Morgan fingerprint density at radius 1 is 1.06 bits per heavy atom. The van der Waals surface area contributed by atoms with E-state index in [4.69, 9.17) is 0 Å². The van der Waals surface area contributed by atoms with E-state index in [1.807, 2.05) is 5.32 Å². The van der Waals surface area contributed by atoms with Crippen molar-refractivity contribution in [2.75, 3.05) is 5.32 Å². The third-order valence-electron chi connectivity index (χ3n) is 4.40. The molecule has 0 aliphatic carbocycles. The number of urea groups is 1. The first-order chi connectivity index (χ1) is 14.9. The van der Waals surface area contributed by atoms with Crippen LogP contribution in [0.3, 0.4) is 0 Å². The minimum atomic E-state index is -0.931. The van der Waals surface area contributed by atoms with Crippen LogP contribution in [-0.4, -0.2) is 21.5 Å². The van der Waals surface area contributed by atoms with Crippen LogP contribution in [0.1, 0.15) is 0 Å². The Balaban J connectivity index is 1.54. The molecule has 0 fully saturated rings. The summed E-state index contributed by atoms with van der Waals surface area (Å²) in [5.41, 5.74) is 0.646. The summed E-state index contributed by atoms with van der Waals surface area (Å²) in [5, 5.41) is 6.30. The summed E-state index contributed by atoms with van der Waals surface area (Å²) < 4.78 is 27.9. The molecule has 2 aromatic carbocycles. The fourth-order valence-electron chi connectivity index (χ4n) is 2.96. The van der Waals surface area contributed by atoms with Crippen LogP contribution in [0, 0.1) is 11.6 Å². The van der Waals surface area contributed by atoms with Gasteiger partial charge in [0.15, 0.2) is 0 Å². The normalized spacial score (nSPS) is 10.8. The number of thiophene rings is 1. The summed E-state index contributed by atoms with van der Waals surface area (Å²) in [5.74, 6) is -1.83. The third kappa shape index (κ3) is 4.33. The molecule has 7 nitrogen and oxygen atoms in total. The number of fused-ring (bicyclic) bond motifs is 1. The highest BCUT2D eigenvalue weighted by Gasteiger charge is 2.16. The van der Waals surface area contributed by atoms with Gasteiger partial charge in [-0.2, -0.15) is 0 Å². The van der Waals surface area contributed by atoms with E-state index in [0.29, 0.717) is 21.3 Å². The molecule has 0 spiro atoms. The Kier molecular flexibility index (Phi) is 5.54. The second kappa shape index (κ2) is 8.44. The molecule has 0 bridgehead atoms. The van der Waals surface area contributed by atoms with Crippen molar-refractivity contribution in [2.24, 2.45) is 0 Å². The van der Waals surface area contributed by atoms with Gasteiger partial charge in [-0.15, -0.1) is 11.3 Å². The summed E-state index contributed by atoms with van der Waals surface area (Å²) in [6.45, 7) is -0.467. The molecule has 0 aliphatic heterocycles. The Hall–Kier alpha value is -3.92. The largest absolute Gasteiger partial charge is 0.326 e. The Morgan fingerprint density at radius 3 is 2.55 bits per heavy atom. The van der Waals surface area contributed by atoms with Crippen LogP contribution >= 0.6 is 11.3 Å². The standard InChI is InChI=1S/C21H14F2N4O3S/c22-13-7-5-12(6-8-13)14-10-31-19-18(14)20(29)27(11-24-19)9-17(28)26-21(30)25-16-4-2-1-3-15(16)23/h1-8,10-11H,9H2,(H2,25,26,28,30). The van der Waals surface area contributed by atoms with E-state index in [1.165, 1.54) is 48.0 Å². The van der Waals surface area contributed by atoms with Gasteiger partial charge in [-0.1, -0.05) is 24.3 Å². The second-order valence-electron chi connectivity index (χ2n) is 6.50. The number of benzene rings is 2. The summed E-state index contributed by atoms with van der Waals surface area (Å²) in [6.07, 6.45) is 1.21. The van der Waals surface area contributed by atoms with E-state index in [2.05, 4.69) is 10.3 Å². The molecule has 4 rings (SSSR count). The zero-order valence-electron chi connectivity index (χ0n) is 15.8. The molecule has 2 heterocycles. The number of para-hydroxylation sites is 1. The van der Waals surface area contributed by atoms with Gasteiger partial charge in [0.05, 0.1) is 17.4 Å². The number of nitrogens with one attached hydrogen (secondary N) is 2. The van der Waals surface area contributed by atoms with Crippen LogP contribution in [0.4, 0.5) is 19.3 Å². The molecule has 3 amide bonds. The maximum Gasteiger partial charge on any atom is 0.326 e. The molecule has 0 radical (unpaired) electrons. The summed E-state index contributed by atoms with van der Waals surface area (Å²) in [6, 6.07) is 10.2. The van der Waals surface area contributed by atoms with Crippen LogP contribution in [0.5, 0.6) is 0 Å². The van der Waals surface area contributed by atoms with Crippen molar-refractivity contribution in [3.8, 4) is 11.1 Å². The topological polar surface area (TPSA) is 93.1 Å². The fraction of sp³-hybridized carbons (Fsp3) is 0.0476. The van der Waals surface area contributed by atoms with Crippen LogP contribution in [0.2, 0.25) is 0 Å². The first-order valence-electron chi connectivity index (χ1n) is 9.00. The van der Waals surface area contributed by atoms with E-state index in [1.54, 1.807) is 17.5 Å². The zero-order valence-corrected chi connectivity index (χ0v) is 16.6. The average Bonchev–Trinajstić information content (AvgIpc) is 3.17. The molecule has 4 aromatic rings. The quantitative estimate of drug-likeness (QED) is 0.506. The van der Waals surface area contributed by atoms with E-state index < -0.39 is 35.7 Å². The first-order valence-corrected chi connectivity index (χ1v) is 9.88. The number of carbonyl (C=O) groups excluding carboxylic acids is 2. The lowest BCUT2D eigenvalue weighted by molar-refractivity contribution is -0.120. The number of amides is 3. The molecule has 0 unspecified atom stereocenters. The summed E-state index contributed by atoms with van der Waals surface area (Å²) >= 11 is 1.25. The Morgan fingerprint density at radius 2 is 1.81 bits per heavy atom. The molecule has 10 heteroatoms. The van der Waals surface area contributed by atoms with Crippen molar-refractivity contribution in [3.63, 3.8) is 0 Å². The first kappa shape index (κ1) is 20.4. The number of nitrogens with zero attached hydrogens (tertiary/aromatic N) is 2. The van der Waals surface area contributed by atoms with E-state index in [0.717, 1.165) is 10.6 Å². The van der Waals surface area contributed by atoms with Gasteiger partial charge in [0, 0.05) is 10.9 Å². The lowest BCUT2D eigenvalue weighted by Gasteiger charge is -2.09. The Bertz CT molecular complexity index is 1350. The maximum absolute atomic E-state index is 13.6. The molecule has 0 saturated carbocycles. The Labute approximate surface area is 178 Å². The average molecular weight is 440 g/mol. The van der Waals surface area contributed by atoms with Crippen LogP contribution in [0.25, 0.3) is 21.3 Å². The van der Waals surface area contributed by atoms with E-state index >= 15 is 0 Å². The van der Waals surface area contributed by atoms with Gasteiger partial charge in [-0.05, 0) is 29.8 Å². The van der Waals surface area contributed by atoms with E-state index in [-0.39, 0.29) is 5.69 Å². The maximum atomic E-state index is 13.6. The number of carbonyl (C=O) groups is 2. The number of hydrogen-bond donors (Lipinski definition) is 2. The molecule has 2 N–H and O–H groups in total. The molecule has 0 saturated heterocycles.